The summed E-state index contributed by atoms with van der Waals surface area (Å²) in [5.74, 6) is 1.24. The van der Waals surface area contributed by atoms with Crippen LogP contribution in [0.3, 0.4) is 0 Å². The number of aryl methyl sites for hydroxylation is 1. The van der Waals surface area contributed by atoms with Crippen LogP contribution in [0.1, 0.15) is 12.5 Å². The molecule has 1 N–H and O–H groups in total. The highest BCUT2D eigenvalue weighted by Crippen LogP contribution is 2.34. The van der Waals surface area contributed by atoms with Crippen LogP contribution in [-0.2, 0) is 14.8 Å². The second kappa shape index (κ2) is 6.82. The van der Waals surface area contributed by atoms with Crippen molar-refractivity contribution >= 4 is 37.8 Å². The molecule has 0 aliphatic carbocycles. The Balaban J connectivity index is 1.83. The van der Waals surface area contributed by atoms with Crippen molar-refractivity contribution < 1.29 is 13.2 Å². The van der Waals surface area contributed by atoms with Gasteiger partial charge in [0.05, 0.1) is 30.9 Å². The van der Waals surface area contributed by atoms with E-state index in [0.717, 1.165) is 33.2 Å². The summed E-state index contributed by atoms with van der Waals surface area (Å²) in [6, 6.07) is 8.00. The van der Waals surface area contributed by atoms with Crippen LogP contribution >= 0.6 is 0 Å². The molecule has 9 heteroatoms. The molecule has 1 unspecified atom stereocenters. The molecule has 1 aliphatic rings. The minimum Gasteiger partial charge on any atom is -0.377 e. The maximum Gasteiger partial charge on any atom is 0.237 e. The molecule has 1 aromatic carbocycles. The molecule has 4 heterocycles. The van der Waals surface area contributed by atoms with E-state index in [9.17, 15) is 8.42 Å². The van der Waals surface area contributed by atoms with E-state index in [2.05, 4.69) is 22.9 Å². The van der Waals surface area contributed by atoms with Gasteiger partial charge in [-0.15, -0.1) is 0 Å². The normalized spacial score (nSPS) is 17.8. The van der Waals surface area contributed by atoms with Crippen LogP contribution in [-0.4, -0.2) is 59.4 Å². The number of H-pyrrole nitrogens is 1. The molecule has 1 saturated heterocycles. The van der Waals surface area contributed by atoms with Crippen LogP contribution in [0.25, 0.3) is 33.3 Å². The van der Waals surface area contributed by atoms with E-state index in [1.165, 1.54) is 10.2 Å². The minimum atomic E-state index is -3.51. The van der Waals surface area contributed by atoms with Gasteiger partial charge in [0.2, 0.25) is 10.0 Å². The average molecular weight is 426 g/mol. The molecule has 5 rings (SSSR count). The summed E-state index contributed by atoms with van der Waals surface area (Å²) in [4.78, 5) is 15.1. The number of anilines is 1. The third-order valence-corrected chi connectivity index (χ3v) is 6.55. The fraction of sp³-hybridized carbons (Fsp3) is 0.333. The van der Waals surface area contributed by atoms with Gasteiger partial charge in [0.15, 0.2) is 11.5 Å². The molecule has 0 radical (unpaired) electrons. The molecule has 1 fully saturated rings. The number of fused-ring (bicyclic) bond motifs is 2. The van der Waals surface area contributed by atoms with Gasteiger partial charge < -0.3 is 14.6 Å². The first-order chi connectivity index (χ1) is 14.3. The molecule has 3 aromatic heterocycles. The second-order valence-electron chi connectivity index (χ2n) is 7.85. The zero-order valence-electron chi connectivity index (χ0n) is 17.1. The van der Waals surface area contributed by atoms with Crippen LogP contribution in [0.15, 0.2) is 36.7 Å². The monoisotopic (exact) mass is 425 g/mol. The SMILES string of the molecule is Cc1cc(-c2nc(N3CCOCC3C)c3ccn(S(C)(=O)=O)c3n2)c2cc[nH]c2c1. The number of rotatable bonds is 3. The Bertz CT molecular complexity index is 1370. The predicted molar refractivity (Wildman–Crippen MR) is 117 cm³/mol. The largest absolute Gasteiger partial charge is 0.377 e. The first-order valence-electron chi connectivity index (χ1n) is 9.85. The number of aromatic amines is 1. The summed E-state index contributed by atoms with van der Waals surface area (Å²) >= 11 is 0. The van der Waals surface area contributed by atoms with E-state index < -0.39 is 10.0 Å². The van der Waals surface area contributed by atoms with E-state index in [4.69, 9.17) is 14.7 Å². The highest BCUT2D eigenvalue weighted by molar-refractivity contribution is 7.89. The van der Waals surface area contributed by atoms with Crippen molar-refractivity contribution in [2.75, 3.05) is 30.9 Å². The smallest absolute Gasteiger partial charge is 0.237 e. The van der Waals surface area contributed by atoms with Gasteiger partial charge in [-0.1, -0.05) is 0 Å². The number of hydrogen-bond donors (Lipinski definition) is 1. The van der Waals surface area contributed by atoms with Gasteiger partial charge >= 0.3 is 0 Å². The number of ether oxygens (including phenoxy) is 1. The fourth-order valence-corrected chi connectivity index (χ4v) is 4.86. The maximum atomic E-state index is 12.4. The summed E-state index contributed by atoms with van der Waals surface area (Å²) < 4.78 is 31.6. The van der Waals surface area contributed by atoms with Crippen molar-refractivity contribution in [1.29, 1.82) is 0 Å². The first kappa shape index (κ1) is 19.1. The fourth-order valence-electron chi connectivity index (χ4n) is 4.12. The number of nitrogens with one attached hydrogen (secondary N) is 1. The Morgan fingerprint density at radius 1 is 1.20 bits per heavy atom. The highest BCUT2D eigenvalue weighted by Gasteiger charge is 2.26. The highest BCUT2D eigenvalue weighted by atomic mass is 32.2. The van der Waals surface area contributed by atoms with E-state index in [-0.39, 0.29) is 6.04 Å². The van der Waals surface area contributed by atoms with Crippen molar-refractivity contribution in [3.8, 4) is 11.4 Å². The van der Waals surface area contributed by atoms with Gasteiger partial charge in [-0.05, 0) is 43.7 Å². The maximum absolute atomic E-state index is 12.4. The van der Waals surface area contributed by atoms with Gasteiger partial charge in [-0.2, -0.15) is 0 Å². The summed E-state index contributed by atoms with van der Waals surface area (Å²) in [6.45, 7) is 5.98. The van der Waals surface area contributed by atoms with Gasteiger partial charge in [0.25, 0.3) is 0 Å². The zero-order valence-corrected chi connectivity index (χ0v) is 17.9. The number of hydrogen-bond acceptors (Lipinski definition) is 6. The van der Waals surface area contributed by atoms with Crippen LogP contribution < -0.4 is 4.90 Å². The lowest BCUT2D eigenvalue weighted by Gasteiger charge is -2.34. The van der Waals surface area contributed by atoms with Crippen molar-refractivity contribution in [3.05, 3.63) is 42.2 Å². The number of aromatic nitrogens is 4. The second-order valence-corrected chi connectivity index (χ2v) is 9.71. The van der Waals surface area contributed by atoms with E-state index in [0.29, 0.717) is 31.2 Å². The number of morpholine rings is 1. The Labute approximate surface area is 174 Å². The first-order valence-corrected chi connectivity index (χ1v) is 11.7. The van der Waals surface area contributed by atoms with Crippen molar-refractivity contribution in [2.45, 2.75) is 19.9 Å². The predicted octanol–water partition coefficient (Wildman–Crippen LogP) is 2.92. The van der Waals surface area contributed by atoms with Crippen molar-refractivity contribution in [2.24, 2.45) is 0 Å². The Hall–Kier alpha value is -2.91. The summed E-state index contributed by atoms with van der Waals surface area (Å²) in [7, 11) is -3.51. The van der Waals surface area contributed by atoms with Crippen LogP contribution in [0.4, 0.5) is 5.82 Å². The molecule has 30 heavy (non-hydrogen) atoms. The van der Waals surface area contributed by atoms with Gasteiger partial charge in [-0.25, -0.2) is 22.4 Å². The van der Waals surface area contributed by atoms with Gasteiger partial charge in [-0.3, -0.25) is 0 Å². The number of nitrogens with zero attached hydrogens (tertiary/aromatic N) is 4. The molecule has 0 amide bonds. The zero-order chi connectivity index (χ0) is 21.0. The molecule has 8 nitrogen and oxygen atoms in total. The average Bonchev–Trinajstić information content (AvgIpc) is 3.33. The van der Waals surface area contributed by atoms with E-state index in [1.54, 1.807) is 12.3 Å². The van der Waals surface area contributed by atoms with Gasteiger partial charge in [0, 0.05) is 35.4 Å². The molecule has 1 aliphatic heterocycles. The van der Waals surface area contributed by atoms with Crippen molar-refractivity contribution in [1.82, 2.24) is 18.9 Å². The Morgan fingerprint density at radius 3 is 2.80 bits per heavy atom. The third-order valence-electron chi connectivity index (χ3n) is 5.54. The van der Waals surface area contributed by atoms with Gasteiger partial charge in [0.1, 0.15) is 5.82 Å². The van der Waals surface area contributed by atoms with Crippen LogP contribution in [0.2, 0.25) is 0 Å². The quantitative estimate of drug-likeness (QED) is 0.543. The van der Waals surface area contributed by atoms with Crippen LogP contribution in [0.5, 0.6) is 0 Å². The molecule has 0 bridgehead atoms. The Morgan fingerprint density at radius 2 is 2.03 bits per heavy atom. The molecule has 1 atom stereocenters. The van der Waals surface area contributed by atoms with E-state index >= 15 is 0 Å². The minimum absolute atomic E-state index is 0.121. The van der Waals surface area contributed by atoms with Crippen molar-refractivity contribution in [3.63, 3.8) is 0 Å². The molecular weight excluding hydrogens is 402 g/mol. The standard InChI is InChI=1S/C21H23N5O3S/c1-13-10-17(15-4-6-22-18(15)11-13)19-23-20(25-8-9-29-12-14(25)2)16-5-7-26(21(16)24-19)30(3,27)28/h4-7,10-11,14,22H,8-9,12H2,1-3H3. The third kappa shape index (κ3) is 3.05. The topological polar surface area (TPSA) is 93.1 Å². The molecule has 0 saturated carbocycles. The summed E-state index contributed by atoms with van der Waals surface area (Å²) in [5, 5.41) is 1.72. The molecule has 156 valence electrons. The lowest BCUT2D eigenvalue weighted by molar-refractivity contribution is 0.0987. The Kier molecular flexibility index (Phi) is 4.33. The summed E-state index contributed by atoms with van der Waals surface area (Å²) in [5.41, 5.74) is 3.33. The molecule has 0 spiro atoms. The molecular formula is C21H23N5O3S. The summed E-state index contributed by atoms with van der Waals surface area (Å²) in [6.07, 6.45) is 4.62. The van der Waals surface area contributed by atoms with Crippen LogP contribution in [0, 0.1) is 6.92 Å². The lowest BCUT2D eigenvalue weighted by atomic mass is 10.1. The lowest BCUT2D eigenvalue weighted by Crippen LogP contribution is -2.44. The molecule has 4 aromatic rings. The number of benzene rings is 1. The van der Waals surface area contributed by atoms with E-state index in [1.807, 2.05) is 25.3 Å².